The van der Waals surface area contributed by atoms with Gasteiger partial charge in [0.2, 0.25) is 6.04 Å². The Morgan fingerprint density at radius 3 is 2.71 bits per heavy atom. The van der Waals surface area contributed by atoms with Crippen LogP contribution >= 0.6 is 0 Å². The molecule has 1 fully saturated rings. The Kier molecular flexibility index (Phi) is 3.92. The lowest BCUT2D eigenvalue weighted by molar-refractivity contribution is -0.522. The van der Waals surface area contributed by atoms with Gasteiger partial charge in [0.1, 0.15) is 5.78 Å². The first-order chi connectivity index (χ1) is 8.18. The number of hydrogen-bond donors (Lipinski definition) is 0. The predicted octanol–water partition coefficient (Wildman–Crippen LogP) is 2.89. The highest BCUT2D eigenvalue weighted by Crippen LogP contribution is 2.33. The first-order valence-corrected chi connectivity index (χ1v) is 6.52. The Bertz CT molecular complexity index is 349. The molecule has 0 N–H and O–H groups in total. The van der Waals surface area contributed by atoms with Gasteiger partial charge >= 0.3 is 0 Å². The van der Waals surface area contributed by atoms with Crippen molar-refractivity contribution in [3.8, 4) is 0 Å². The van der Waals surface area contributed by atoms with Crippen molar-refractivity contribution >= 4 is 5.78 Å². The van der Waals surface area contributed by atoms with Crippen LogP contribution in [0.25, 0.3) is 0 Å². The van der Waals surface area contributed by atoms with Crippen LogP contribution in [-0.2, 0) is 4.79 Å². The molecule has 94 valence electrons. The van der Waals surface area contributed by atoms with Crippen molar-refractivity contribution in [2.75, 3.05) is 0 Å². The predicted molar refractivity (Wildman–Crippen MR) is 64.3 cm³/mol. The highest BCUT2D eigenvalue weighted by molar-refractivity contribution is 5.79. The molecule has 0 aromatic carbocycles. The summed E-state index contributed by atoms with van der Waals surface area (Å²) in [5, 5.41) is 11.3. The first-order valence-electron chi connectivity index (χ1n) is 6.52. The highest BCUT2D eigenvalue weighted by Gasteiger charge is 2.37. The molecule has 2 aliphatic carbocycles. The van der Waals surface area contributed by atoms with Crippen LogP contribution in [0.3, 0.4) is 0 Å². The Morgan fingerprint density at radius 2 is 2.12 bits per heavy atom. The van der Waals surface area contributed by atoms with Gasteiger partial charge in [-0.25, -0.2) is 0 Å². The largest absolute Gasteiger partial charge is 0.300 e. The van der Waals surface area contributed by atoms with Crippen LogP contribution in [0.2, 0.25) is 0 Å². The van der Waals surface area contributed by atoms with Gasteiger partial charge in [-0.15, -0.1) is 0 Å². The van der Waals surface area contributed by atoms with Crippen LogP contribution < -0.4 is 0 Å². The van der Waals surface area contributed by atoms with E-state index in [1.54, 1.807) is 0 Å². The second-order valence-corrected chi connectivity index (χ2v) is 5.15. The Balaban J connectivity index is 2.13. The standard InChI is InChI=1S/C13H19NO3/c15-12-8-4-7-11(9-12)13(14(16)17)10-5-2-1-3-6-10/h5,11,13H,1-4,6-9H2/t11-,13+/m0/s1. The van der Waals surface area contributed by atoms with Gasteiger partial charge < -0.3 is 0 Å². The summed E-state index contributed by atoms with van der Waals surface area (Å²) in [7, 11) is 0. The van der Waals surface area contributed by atoms with Gasteiger partial charge in [-0.05, 0) is 44.1 Å². The van der Waals surface area contributed by atoms with E-state index in [9.17, 15) is 14.9 Å². The molecule has 0 amide bonds. The van der Waals surface area contributed by atoms with E-state index in [4.69, 9.17) is 0 Å². The average molecular weight is 237 g/mol. The van der Waals surface area contributed by atoms with Gasteiger partial charge in [-0.2, -0.15) is 0 Å². The average Bonchev–Trinajstić information content (AvgIpc) is 2.30. The molecule has 0 spiro atoms. The van der Waals surface area contributed by atoms with Gasteiger partial charge in [-0.3, -0.25) is 14.9 Å². The molecule has 2 aliphatic rings. The van der Waals surface area contributed by atoms with E-state index in [-0.39, 0.29) is 16.6 Å². The third-order valence-corrected chi connectivity index (χ3v) is 3.90. The van der Waals surface area contributed by atoms with Gasteiger partial charge in [0.05, 0.1) is 0 Å². The van der Waals surface area contributed by atoms with E-state index in [1.807, 2.05) is 6.08 Å². The van der Waals surface area contributed by atoms with Crippen LogP contribution in [0.4, 0.5) is 0 Å². The van der Waals surface area contributed by atoms with E-state index >= 15 is 0 Å². The van der Waals surface area contributed by atoms with E-state index in [0.717, 1.165) is 44.1 Å². The van der Waals surface area contributed by atoms with Crippen molar-refractivity contribution < 1.29 is 9.72 Å². The van der Waals surface area contributed by atoms with Crippen LogP contribution in [-0.4, -0.2) is 16.7 Å². The lowest BCUT2D eigenvalue weighted by Gasteiger charge is -2.26. The van der Waals surface area contributed by atoms with Crippen LogP contribution in [0, 0.1) is 16.0 Å². The second-order valence-electron chi connectivity index (χ2n) is 5.15. The lowest BCUT2D eigenvalue weighted by Crippen LogP contribution is -2.35. The smallest absolute Gasteiger partial charge is 0.237 e. The van der Waals surface area contributed by atoms with Crippen molar-refractivity contribution in [2.45, 2.75) is 57.4 Å². The fourth-order valence-electron chi connectivity index (χ4n) is 3.07. The van der Waals surface area contributed by atoms with Crippen molar-refractivity contribution in [1.29, 1.82) is 0 Å². The molecule has 0 unspecified atom stereocenters. The molecule has 0 bridgehead atoms. The number of ketones is 1. The van der Waals surface area contributed by atoms with Crippen LogP contribution in [0.5, 0.6) is 0 Å². The van der Waals surface area contributed by atoms with E-state index in [2.05, 4.69) is 0 Å². The molecule has 2 atom stereocenters. The summed E-state index contributed by atoms with van der Waals surface area (Å²) in [6, 6.07) is -0.598. The highest BCUT2D eigenvalue weighted by atomic mass is 16.6. The van der Waals surface area contributed by atoms with E-state index in [1.165, 1.54) is 0 Å². The summed E-state index contributed by atoms with van der Waals surface area (Å²) in [4.78, 5) is 22.5. The van der Waals surface area contributed by atoms with Crippen LogP contribution in [0.15, 0.2) is 11.6 Å². The summed E-state index contributed by atoms with van der Waals surface area (Å²) in [6.07, 6.45) is 8.69. The van der Waals surface area contributed by atoms with Gasteiger partial charge in [0, 0.05) is 23.7 Å². The zero-order chi connectivity index (χ0) is 12.3. The molecule has 0 aromatic rings. The molecular weight excluding hydrogens is 218 g/mol. The van der Waals surface area contributed by atoms with Crippen LogP contribution in [0.1, 0.15) is 51.4 Å². The van der Waals surface area contributed by atoms with Crippen molar-refractivity contribution in [1.82, 2.24) is 0 Å². The monoisotopic (exact) mass is 237 g/mol. The van der Waals surface area contributed by atoms with Gasteiger partial charge in [0.25, 0.3) is 0 Å². The molecule has 4 nitrogen and oxygen atoms in total. The minimum Gasteiger partial charge on any atom is -0.300 e. The van der Waals surface area contributed by atoms with E-state index in [0.29, 0.717) is 12.8 Å². The molecule has 2 rings (SSSR count). The fourth-order valence-corrected chi connectivity index (χ4v) is 3.07. The third-order valence-electron chi connectivity index (χ3n) is 3.90. The SMILES string of the molecule is O=C1CCC[C@H]([C@@H](C2=CCCCC2)[N+](=O)[O-])C1. The van der Waals surface area contributed by atoms with Gasteiger partial charge in [-0.1, -0.05) is 6.08 Å². The Hall–Kier alpha value is -1.19. The number of allylic oxidation sites excluding steroid dienone is 1. The van der Waals surface area contributed by atoms with Crippen molar-refractivity contribution in [3.05, 3.63) is 21.8 Å². The quantitative estimate of drug-likeness (QED) is 0.431. The molecule has 0 saturated heterocycles. The van der Waals surface area contributed by atoms with Gasteiger partial charge in [0.15, 0.2) is 0 Å². The van der Waals surface area contributed by atoms with Crippen molar-refractivity contribution in [3.63, 3.8) is 0 Å². The minimum absolute atomic E-state index is 0.0596. The number of carbonyl (C=O) groups excluding carboxylic acids is 1. The summed E-state index contributed by atoms with van der Waals surface area (Å²) < 4.78 is 0. The van der Waals surface area contributed by atoms with Crippen molar-refractivity contribution in [2.24, 2.45) is 5.92 Å². The number of nitrogens with zero attached hydrogens (tertiary/aromatic N) is 1. The minimum atomic E-state index is -0.598. The normalized spacial score (nSPS) is 27.4. The molecule has 17 heavy (non-hydrogen) atoms. The summed E-state index contributed by atoms with van der Waals surface area (Å²) in [5.41, 5.74) is 0.973. The molecule has 0 radical (unpaired) electrons. The number of Topliss-reactive ketones (excluding diaryl/α,β-unsaturated/α-hetero) is 1. The maximum Gasteiger partial charge on any atom is 0.237 e. The third kappa shape index (κ3) is 2.93. The topological polar surface area (TPSA) is 60.2 Å². The summed E-state index contributed by atoms with van der Waals surface area (Å²) in [5.74, 6) is 0.139. The summed E-state index contributed by atoms with van der Waals surface area (Å²) in [6.45, 7) is 0. The number of rotatable bonds is 3. The molecule has 4 heteroatoms. The zero-order valence-electron chi connectivity index (χ0n) is 10.1. The second kappa shape index (κ2) is 5.43. The Morgan fingerprint density at radius 1 is 1.29 bits per heavy atom. The number of hydrogen-bond acceptors (Lipinski definition) is 3. The maximum absolute atomic E-state index is 11.4. The molecule has 0 aliphatic heterocycles. The maximum atomic E-state index is 11.4. The molecule has 0 heterocycles. The molecule has 0 aromatic heterocycles. The lowest BCUT2D eigenvalue weighted by atomic mass is 9.78. The number of nitro groups is 1. The number of carbonyl (C=O) groups is 1. The van der Waals surface area contributed by atoms with E-state index < -0.39 is 6.04 Å². The fraction of sp³-hybridized carbons (Fsp3) is 0.769. The zero-order valence-corrected chi connectivity index (χ0v) is 10.1. The summed E-state index contributed by atoms with van der Waals surface area (Å²) >= 11 is 0. The molecule has 1 saturated carbocycles. The Labute approximate surface area is 101 Å². The molecular formula is C13H19NO3. The first kappa shape index (κ1) is 12.3.